The van der Waals surface area contributed by atoms with Gasteiger partial charge in [-0.3, -0.25) is 0 Å². The van der Waals surface area contributed by atoms with Crippen molar-refractivity contribution in [3.63, 3.8) is 0 Å². The van der Waals surface area contributed by atoms with Crippen LogP contribution in [0.1, 0.15) is 12.8 Å². The zero-order chi connectivity index (χ0) is 15.6. The molecule has 1 aromatic heterocycles. The molecule has 2 nitrogen and oxygen atoms in total. The summed E-state index contributed by atoms with van der Waals surface area (Å²) < 4.78 is 38.6. The zero-order valence-corrected chi connectivity index (χ0v) is 15.0. The maximum absolute atomic E-state index is 12.2. The molecule has 0 aliphatic rings. The van der Waals surface area contributed by atoms with E-state index in [2.05, 4.69) is 43.5 Å². The summed E-state index contributed by atoms with van der Waals surface area (Å²) >= 11 is 5.69. The Balaban J connectivity index is 2.13. The van der Waals surface area contributed by atoms with Gasteiger partial charge < -0.3 is 4.90 Å². The van der Waals surface area contributed by atoms with Gasteiger partial charge in [-0.1, -0.05) is 0 Å². The predicted octanol–water partition coefficient (Wildman–Crippen LogP) is 5.38. The summed E-state index contributed by atoms with van der Waals surface area (Å²) in [5.41, 5.74) is 0. The van der Waals surface area contributed by atoms with E-state index in [1.807, 2.05) is 18.2 Å². The van der Waals surface area contributed by atoms with Crippen molar-refractivity contribution in [2.75, 3.05) is 18.5 Å². The number of anilines is 1. The van der Waals surface area contributed by atoms with Crippen molar-refractivity contribution >= 4 is 55.1 Å². The van der Waals surface area contributed by atoms with Crippen molar-refractivity contribution in [3.8, 4) is 0 Å². The van der Waals surface area contributed by atoms with E-state index in [-0.39, 0.29) is 6.42 Å². The molecule has 2 aromatic rings. The maximum atomic E-state index is 12.2. The van der Waals surface area contributed by atoms with E-state index in [4.69, 9.17) is 0 Å². The van der Waals surface area contributed by atoms with Crippen LogP contribution in [0.25, 0.3) is 10.8 Å². The molecule has 114 valence electrons. The summed E-state index contributed by atoms with van der Waals surface area (Å²) in [4.78, 5) is 6.06. The van der Waals surface area contributed by atoms with Gasteiger partial charge in [0.05, 0.1) is 0 Å². The molecule has 7 heteroatoms. The van der Waals surface area contributed by atoms with E-state index >= 15 is 0 Å². The number of halogens is 5. The summed E-state index contributed by atoms with van der Waals surface area (Å²) in [6, 6.07) is 5.91. The molecule has 2 rings (SSSR count). The van der Waals surface area contributed by atoms with Gasteiger partial charge in [0.2, 0.25) is 0 Å². The quantitative estimate of drug-likeness (QED) is 0.555. The lowest BCUT2D eigenvalue weighted by Gasteiger charge is -2.19. The molecule has 0 bridgehead atoms. The number of nitrogens with zero attached hydrogens (tertiary/aromatic N) is 2. The maximum Gasteiger partial charge on any atom is 0.389 e. The van der Waals surface area contributed by atoms with Crippen LogP contribution in [-0.4, -0.2) is 24.8 Å². The van der Waals surface area contributed by atoms with Crippen LogP contribution in [0.4, 0.5) is 19.0 Å². The number of hydrogen-bond acceptors (Lipinski definition) is 2. The van der Waals surface area contributed by atoms with Crippen LogP contribution in [0.2, 0.25) is 0 Å². The summed E-state index contributed by atoms with van der Waals surface area (Å²) in [6.45, 7) is 0.325. The molecular weight excluding hydrogens is 460 g/mol. The van der Waals surface area contributed by atoms with Gasteiger partial charge in [-0.25, -0.2) is 4.98 Å². The molecule has 1 aromatic carbocycles. The van der Waals surface area contributed by atoms with Crippen LogP contribution in [-0.2, 0) is 0 Å². The Labute approximate surface area is 143 Å². The lowest BCUT2D eigenvalue weighted by molar-refractivity contribution is -0.135. The van der Waals surface area contributed by atoms with E-state index < -0.39 is 12.6 Å². The number of hydrogen-bond donors (Lipinski definition) is 0. The third kappa shape index (κ3) is 4.70. The van der Waals surface area contributed by atoms with Gasteiger partial charge in [0.15, 0.2) is 0 Å². The molecule has 1 heterocycles. The van der Waals surface area contributed by atoms with Crippen molar-refractivity contribution in [1.82, 2.24) is 4.98 Å². The summed E-state index contributed by atoms with van der Waals surface area (Å²) in [6.07, 6.45) is -3.06. The van der Waals surface area contributed by atoms with Gasteiger partial charge in [-0.05, 0) is 68.5 Å². The van der Waals surface area contributed by atoms with Crippen molar-refractivity contribution < 1.29 is 13.2 Å². The third-order valence-electron chi connectivity index (χ3n) is 3.09. The van der Waals surface area contributed by atoms with Crippen molar-refractivity contribution in [2.45, 2.75) is 19.0 Å². The molecule has 0 aliphatic carbocycles. The van der Waals surface area contributed by atoms with Crippen molar-refractivity contribution in [3.05, 3.63) is 32.4 Å². The Morgan fingerprint density at radius 1 is 1.24 bits per heavy atom. The Hall–Kier alpha value is -0.570. The molecule has 0 N–H and O–H groups in total. The zero-order valence-electron chi connectivity index (χ0n) is 11.2. The van der Waals surface area contributed by atoms with Crippen LogP contribution in [0.3, 0.4) is 0 Å². The minimum atomic E-state index is -4.10. The van der Waals surface area contributed by atoms with Gasteiger partial charge in [0.25, 0.3) is 0 Å². The Kier molecular flexibility index (Phi) is 5.34. The second kappa shape index (κ2) is 6.68. The Morgan fingerprint density at radius 3 is 2.62 bits per heavy atom. The van der Waals surface area contributed by atoms with Gasteiger partial charge >= 0.3 is 6.18 Å². The molecule has 21 heavy (non-hydrogen) atoms. The fourth-order valence-corrected chi connectivity index (χ4v) is 2.82. The molecule has 0 atom stereocenters. The monoisotopic (exact) mass is 472 g/mol. The number of benzene rings is 1. The first-order valence-electron chi connectivity index (χ1n) is 6.29. The summed E-state index contributed by atoms with van der Waals surface area (Å²) in [5, 5.41) is 2.02. The van der Waals surface area contributed by atoms with Gasteiger partial charge in [-0.15, -0.1) is 0 Å². The van der Waals surface area contributed by atoms with Crippen molar-refractivity contribution in [1.29, 1.82) is 0 Å². The lowest BCUT2D eigenvalue weighted by Crippen LogP contribution is -2.21. The SMILES string of the molecule is CN(CCCC(F)(F)F)c1cc2cc(I)c(Br)cc2cn1. The van der Waals surface area contributed by atoms with Gasteiger partial charge in [-0.2, -0.15) is 13.2 Å². The molecule has 0 spiro atoms. The molecule has 0 fully saturated rings. The molecule has 0 radical (unpaired) electrons. The number of alkyl halides is 3. The molecule has 0 saturated heterocycles. The first kappa shape index (κ1) is 16.8. The van der Waals surface area contributed by atoms with Crippen LogP contribution in [0, 0.1) is 3.57 Å². The average molecular weight is 473 g/mol. The largest absolute Gasteiger partial charge is 0.389 e. The van der Waals surface area contributed by atoms with Crippen molar-refractivity contribution in [2.24, 2.45) is 0 Å². The highest BCUT2D eigenvalue weighted by Gasteiger charge is 2.26. The van der Waals surface area contributed by atoms with Crippen LogP contribution in [0.15, 0.2) is 28.9 Å². The fourth-order valence-electron chi connectivity index (χ4n) is 1.97. The standard InChI is InChI=1S/C14H13BrF3IN2/c1-21(4-2-3-14(16,17)18)13-7-9-6-12(19)11(15)5-10(9)8-20-13/h5-8H,2-4H2,1H3. The Morgan fingerprint density at radius 2 is 1.95 bits per heavy atom. The van der Waals surface area contributed by atoms with E-state index in [9.17, 15) is 13.2 Å². The molecule has 0 amide bonds. The van der Waals surface area contributed by atoms with E-state index in [1.165, 1.54) is 0 Å². The highest BCUT2D eigenvalue weighted by Crippen LogP contribution is 2.27. The fraction of sp³-hybridized carbons (Fsp3) is 0.357. The van der Waals surface area contributed by atoms with E-state index in [0.717, 1.165) is 18.8 Å². The Bertz CT molecular complexity index is 646. The third-order valence-corrected chi connectivity index (χ3v) is 5.38. The van der Waals surface area contributed by atoms with E-state index in [0.29, 0.717) is 12.4 Å². The smallest absolute Gasteiger partial charge is 0.360 e. The van der Waals surface area contributed by atoms with Gasteiger partial charge in [0, 0.05) is 39.6 Å². The van der Waals surface area contributed by atoms with Gasteiger partial charge in [0.1, 0.15) is 5.82 Å². The number of aromatic nitrogens is 1. The van der Waals surface area contributed by atoms with Crippen LogP contribution in [0.5, 0.6) is 0 Å². The average Bonchev–Trinajstić information content (AvgIpc) is 2.38. The molecule has 0 unspecified atom stereocenters. The molecular formula is C14H13BrF3IN2. The first-order chi connectivity index (χ1) is 9.76. The minimum absolute atomic E-state index is 0.0671. The molecule has 0 aliphatic heterocycles. The highest BCUT2D eigenvalue weighted by molar-refractivity contribution is 14.1. The lowest BCUT2D eigenvalue weighted by atomic mass is 10.2. The summed E-state index contributed by atoms with van der Waals surface area (Å²) in [5.74, 6) is 0.683. The minimum Gasteiger partial charge on any atom is -0.360 e. The normalized spacial score (nSPS) is 11.9. The first-order valence-corrected chi connectivity index (χ1v) is 8.16. The second-order valence-electron chi connectivity index (χ2n) is 4.80. The second-order valence-corrected chi connectivity index (χ2v) is 6.81. The highest BCUT2D eigenvalue weighted by atomic mass is 127. The van der Waals surface area contributed by atoms with E-state index in [1.54, 1.807) is 18.1 Å². The molecule has 0 saturated carbocycles. The predicted molar refractivity (Wildman–Crippen MR) is 90.7 cm³/mol. The topological polar surface area (TPSA) is 16.1 Å². The number of rotatable bonds is 4. The number of pyridine rings is 1. The van der Waals surface area contributed by atoms with Crippen LogP contribution < -0.4 is 4.90 Å². The number of fused-ring (bicyclic) bond motifs is 1. The summed E-state index contributed by atoms with van der Waals surface area (Å²) in [7, 11) is 1.76. The van der Waals surface area contributed by atoms with Crippen LogP contribution >= 0.6 is 38.5 Å².